The Balaban J connectivity index is 2.26. The Labute approximate surface area is 126 Å². The van der Waals surface area contributed by atoms with Crippen LogP contribution in [0.2, 0.25) is 5.02 Å². The molecule has 1 atom stereocenters. The summed E-state index contributed by atoms with van der Waals surface area (Å²) in [4.78, 5) is 16.1. The molecule has 0 fully saturated rings. The van der Waals surface area contributed by atoms with Crippen LogP contribution in [0.25, 0.3) is 0 Å². The van der Waals surface area contributed by atoms with Crippen molar-refractivity contribution in [3.63, 3.8) is 0 Å². The Morgan fingerprint density at radius 3 is 2.74 bits per heavy atom. The third-order valence-electron chi connectivity index (χ3n) is 2.94. The molecule has 0 amide bonds. The van der Waals surface area contributed by atoms with Gasteiger partial charge in [0.25, 0.3) is 0 Å². The van der Waals surface area contributed by atoms with Crippen LogP contribution >= 0.6 is 27.5 Å². The molecule has 1 aromatic carbocycles. The van der Waals surface area contributed by atoms with Crippen molar-refractivity contribution in [2.24, 2.45) is 0 Å². The first-order valence-electron chi connectivity index (χ1n) is 5.92. The first-order valence-corrected chi connectivity index (χ1v) is 7.09. The Morgan fingerprint density at radius 2 is 2.16 bits per heavy atom. The molecule has 0 saturated heterocycles. The second-order valence-electron chi connectivity index (χ2n) is 4.39. The van der Waals surface area contributed by atoms with Gasteiger partial charge in [0.1, 0.15) is 5.78 Å². The smallest absolute Gasteiger partial charge is 0.137 e. The average molecular weight is 339 g/mol. The van der Waals surface area contributed by atoms with Gasteiger partial charge in [0.15, 0.2) is 0 Å². The fourth-order valence-corrected chi connectivity index (χ4v) is 2.48. The van der Waals surface area contributed by atoms with Gasteiger partial charge in [-0.05, 0) is 36.8 Å². The Hall–Kier alpha value is -1.19. The van der Waals surface area contributed by atoms with Crippen LogP contribution in [0.5, 0.6) is 0 Å². The monoisotopic (exact) mass is 337 g/mol. The van der Waals surface area contributed by atoms with Gasteiger partial charge in [-0.2, -0.15) is 0 Å². The Morgan fingerprint density at radius 1 is 1.37 bits per heavy atom. The zero-order valence-corrected chi connectivity index (χ0v) is 12.8. The summed E-state index contributed by atoms with van der Waals surface area (Å²) in [6.45, 7) is 1.61. The van der Waals surface area contributed by atoms with Crippen LogP contribution in [-0.2, 0) is 11.2 Å². The second kappa shape index (κ2) is 6.31. The molecular weight excluding hydrogens is 326 g/mol. The van der Waals surface area contributed by atoms with E-state index in [0.29, 0.717) is 11.4 Å². The summed E-state index contributed by atoms with van der Waals surface area (Å²) in [5, 5.41) is 0.602. The molecule has 0 aliphatic carbocycles. The van der Waals surface area contributed by atoms with Gasteiger partial charge in [0, 0.05) is 28.7 Å². The van der Waals surface area contributed by atoms with Crippen molar-refractivity contribution < 1.29 is 4.79 Å². The number of hydrogen-bond acceptors (Lipinski definition) is 2. The Bertz CT molecular complexity index is 583. The minimum atomic E-state index is -0.175. The lowest BCUT2D eigenvalue weighted by atomic mass is 9.91. The van der Waals surface area contributed by atoms with Crippen molar-refractivity contribution in [3.05, 3.63) is 63.3 Å². The lowest BCUT2D eigenvalue weighted by molar-refractivity contribution is -0.118. The third-order valence-corrected chi connectivity index (χ3v) is 3.66. The molecule has 0 radical (unpaired) electrons. The van der Waals surface area contributed by atoms with Gasteiger partial charge in [-0.25, -0.2) is 0 Å². The standard InChI is InChI=1S/C15H13BrClNO/c1-10(19)15(11-3-2-4-12(16)7-11)8-14-6-5-13(17)9-18-14/h2-7,9,15H,8H2,1H3. The van der Waals surface area contributed by atoms with E-state index in [4.69, 9.17) is 11.6 Å². The van der Waals surface area contributed by atoms with E-state index in [9.17, 15) is 4.79 Å². The van der Waals surface area contributed by atoms with E-state index in [1.54, 1.807) is 19.2 Å². The predicted octanol–water partition coefficient (Wildman–Crippen LogP) is 4.41. The van der Waals surface area contributed by atoms with Crippen LogP contribution < -0.4 is 0 Å². The van der Waals surface area contributed by atoms with E-state index in [1.165, 1.54) is 0 Å². The maximum Gasteiger partial charge on any atom is 0.137 e. The molecule has 0 aliphatic rings. The number of hydrogen-bond donors (Lipinski definition) is 0. The van der Waals surface area contributed by atoms with Gasteiger partial charge in [0.2, 0.25) is 0 Å². The van der Waals surface area contributed by atoms with Crippen LogP contribution in [-0.4, -0.2) is 10.8 Å². The molecule has 0 saturated carbocycles. The zero-order valence-electron chi connectivity index (χ0n) is 10.4. The van der Waals surface area contributed by atoms with Gasteiger partial charge < -0.3 is 0 Å². The lowest BCUT2D eigenvalue weighted by Gasteiger charge is -2.14. The molecule has 1 unspecified atom stereocenters. The number of halogens is 2. The van der Waals surface area contributed by atoms with Crippen molar-refractivity contribution in [1.29, 1.82) is 0 Å². The number of Topliss-reactive ketones (excluding diaryl/α,β-unsaturated/α-hetero) is 1. The summed E-state index contributed by atoms with van der Waals surface area (Å²) in [6, 6.07) is 11.5. The molecule has 2 rings (SSSR count). The number of rotatable bonds is 4. The molecule has 1 heterocycles. The van der Waals surface area contributed by atoms with E-state index < -0.39 is 0 Å². The normalized spacial score (nSPS) is 12.2. The summed E-state index contributed by atoms with van der Waals surface area (Å²) < 4.78 is 0.973. The molecule has 2 aromatic rings. The largest absolute Gasteiger partial charge is 0.299 e. The van der Waals surface area contributed by atoms with Gasteiger partial charge in [-0.15, -0.1) is 0 Å². The number of carbonyl (C=O) groups excluding carboxylic acids is 1. The van der Waals surface area contributed by atoms with Crippen molar-refractivity contribution >= 4 is 33.3 Å². The highest BCUT2D eigenvalue weighted by Crippen LogP contribution is 2.24. The van der Waals surface area contributed by atoms with Crippen LogP contribution in [0, 0.1) is 0 Å². The van der Waals surface area contributed by atoms with Crippen LogP contribution in [0.15, 0.2) is 47.1 Å². The fourth-order valence-electron chi connectivity index (χ4n) is 1.96. The van der Waals surface area contributed by atoms with E-state index >= 15 is 0 Å². The highest BCUT2D eigenvalue weighted by atomic mass is 79.9. The fraction of sp³-hybridized carbons (Fsp3) is 0.200. The summed E-state index contributed by atoms with van der Waals surface area (Å²) >= 11 is 9.24. The van der Waals surface area contributed by atoms with Crippen LogP contribution in [0.4, 0.5) is 0 Å². The molecule has 1 aromatic heterocycles. The number of carbonyl (C=O) groups is 1. The van der Waals surface area contributed by atoms with E-state index in [2.05, 4.69) is 20.9 Å². The molecule has 19 heavy (non-hydrogen) atoms. The summed E-state index contributed by atoms with van der Waals surface area (Å²) in [5.74, 6) is -0.0407. The lowest BCUT2D eigenvalue weighted by Crippen LogP contribution is -2.12. The van der Waals surface area contributed by atoms with Crippen LogP contribution in [0.1, 0.15) is 24.1 Å². The predicted molar refractivity (Wildman–Crippen MR) is 80.5 cm³/mol. The molecule has 0 N–H and O–H groups in total. The molecule has 0 aliphatic heterocycles. The number of nitrogens with zero attached hydrogens (tertiary/aromatic N) is 1. The minimum absolute atomic E-state index is 0.134. The third kappa shape index (κ3) is 3.88. The van der Waals surface area contributed by atoms with Crippen molar-refractivity contribution in [3.8, 4) is 0 Å². The minimum Gasteiger partial charge on any atom is -0.299 e. The van der Waals surface area contributed by atoms with Crippen molar-refractivity contribution in [2.45, 2.75) is 19.3 Å². The SMILES string of the molecule is CC(=O)C(Cc1ccc(Cl)cn1)c1cccc(Br)c1. The summed E-state index contributed by atoms with van der Waals surface area (Å²) in [5.41, 5.74) is 1.86. The molecule has 0 spiro atoms. The van der Waals surface area contributed by atoms with E-state index in [-0.39, 0.29) is 11.7 Å². The number of ketones is 1. The molecule has 4 heteroatoms. The van der Waals surface area contributed by atoms with Crippen LogP contribution in [0.3, 0.4) is 0 Å². The maximum absolute atomic E-state index is 11.9. The highest BCUT2D eigenvalue weighted by Gasteiger charge is 2.18. The average Bonchev–Trinajstić information content (AvgIpc) is 2.37. The maximum atomic E-state index is 11.9. The van der Waals surface area contributed by atoms with Gasteiger partial charge in [0.05, 0.1) is 5.02 Å². The van der Waals surface area contributed by atoms with Crippen molar-refractivity contribution in [1.82, 2.24) is 4.98 Å². The second-order valence-corrected chi connectivity index (χ2v) is 5.74. The van der Waals surface area contributed by atoms with Gasteiger partial charge in [-0.3, -0.25) is 9.78 Å². The topological polar surface area (TPSA) is 30.0 Å². The zero-order chi connectivity index (χ0) is 13.8. The summed E-state index contributed by atoms with van der Waals surface area (Å²) in [6.07, 6.45) is 2.19. The first-order chi connectivity index (χ1) is 9.06. The van der Waals surface area contributed by atoms with E-state index in [0.717, 1.165) is 15.7 Å². The molecular formula is C15H13BrClNO. The Kier molecular flexibility index (Phi) is 4.72. The summed E-state index contributed by atoms with van der Waals surface area (Å²) in [7, 11) is 0. The molecule has 98 valence electrons. The van der Waals surface area contributed by atoms with E-state index in [1.807, 2.05) is 30.3 Å². The molecule has 2 nitrogen and oxygen atoms in total. The first kappa shape index (κ1) is 14.2. The van der Waals surface area contributed by atoms with Crippen molar-refractivity contribution in [2.75, 3.05) is 0 Å². The number of aromatic nitrogens is 1. The number of benzene rings is 1. The van der Waals surface area contributed by atoms with Gasteiger partial charge in [-0.1, -0.05) is 39.7 Å². The van der Waals surface area contributed by atoms with Gasteiger partial charge >= 0.3 is 0 Å². The quantitative estimate of drug-likeness (QED) is 0.826. The highest BCUT2D eigenvalue weighted by molar-refractivity contribution is 9.10. The number of pyridine rings is 1. The molecule has 0 bridgehead atoms.